The third-order valence-electron chi connectivity index (χ3n) is 3.79. The van der Waals surface area contributed by atoms with E-state index in [4.69, 9.17) is 4.74 Å². The first-order valence-corrected chi connectivity index (χ1v) is 9.81. The highest BCUT2D eigenvalue weighted by atomic mass is 16.5. The standard InChI is InChI=1S/C23H31N3O3/c1-16(2)15-29-20-11-9-18(10-12-20)24-14-21(27)25-19-8-6-7-17(13-19)22(28)26-23(3,4)5/h6-13,16,24H,14-15H2,1-5H3,(H,25,27)(H,26,28). The molecule has 0 aromatic heterocycles. The van der Waals surface area contributed by atoms with Gasteiger partial charge in [-0.25, -0.2) is 0 Å². The number of nitrogens with one attached hydrogen (secondary N) is 3. The molecule has 0 saturated carbocycles. The molecule has 29 heavy (non-hydrogen) atoms. The van der Waals surface area contributed by atoms with E-state index in [-0.39, 0.29) is 23.9 Å². The third kappa shape index (κ3) is 8.25. The maximum atomic E-state index is 12.3. The Balaban J connectivity index is 1.86. The number of carbonyl (C=O) groups is 2. The lowest BCUT2D eigenvalue weighted by atomic mass is 10.1. The molecule has 2 aromatic rings. The molecule has 3 N–H and O–H groups in total. The molecule has 156 valence electrons. The third-order valence-corrected chi connectivity index (χ3v) is 3.79. The summed E-state index contributed by atoms with van der Waals surface area (Å²) in [5.74, 6) is 0.901. The Labute approximate surface area is 173 Å². The molecular formula is C23H31N3O3. The van der Waals surface area contributed by atoms with Gasteiger partial charge in [0.1, 0.15) is 5.75 Å². The van der Waals surface area contributed by atoms with Crippen molar-refractivity contribution in [1.29, 1.82) is 0 Å². The fourth-order valence-electron chi connectivity index (χ4n) is 2.47. The van der Waals surface area contributed by atoms with Crippen molar-refractivity contribution < 1.29 is 14.3 Å². The van der Waals surface area contributed by atoms with Gasteiger partial charge in [0, 0.05) is 22.5 Å². The minimum Gasteiger partial charge on any atom is -0.493 e. The Hall–Kier alpha value is -3.02. The first-order valence-electron chi connectivity index (χ1n) is 9.81. The van der Waals surface area contributed by atoms with E-state index < -0.39 is 0 Å². The van der Waals surface area contributed by atoms with Crippen LogP contribution in [0.25, 0.3) is 0 Å². The highest BCUT2D eigenvalue weighted by Gasteiger charge is 2.15. The van der Waals surface area contributed by atoms with Crippen LogP contribution in [0.3, 0.4) is 0 Å². The van der Waals surface area contributed by atoms with E-state index in [1.54, 1.807) is 24.3 Å². The van der Waals surface area contributed by atoms with E-state index in [1.807, 2.05) is 45.0 Å². The fourth-order valence-corrected chi connectivity index (χ4v) is 2.47. The molecule has 0 aliphatic heterocycles. The van der Waals surface area contributed by atoms with Crippen LogP contribution in [-0.2, 0) is 4.79 Å². The molecule has 0 radical (unpaired) electrons. The van der Waals surface area contributed by atoms with E-state index in [2.05, 4.69) is 29.8 Å². The van der Waals surface area contributed by atoms with Gasteiger partial charge in [0.2, 0.25) is 5.91 Å². The monoisotopic (exact) mass is 397 g/mol. The lowest BCUT2D eigenvalue weighted by Gasteiger charge is -2.20. The smallest absolute Gasteiger partial charge is 0.251 e. The highest BCUT2D eigenvalue weighted by Crippen LogP contribution is 2.17. The van der Waals surface area contributed by atoms with Crippen molar-refractivity contribution >= 4 is 23.2 Å². The zero-order valence-electron chi connectivity index (χ0n) is 17.8. The fraction of sp³-hybridized carbons (Fsp3) is 0.391. The summed E-state index contributed by atoms with van der Waals surface area (Å²) < 4.78 is 5.65. The first kappa shape index (κ1) is 22.3. The molecule has 0 aliphatic rings. The normalized spacial score (nSPS) is 11.1. The summed E-state index contributed by atoms with van der Waals surface area (Å²) in [5, 5.41) is 8.79. The average Bonchev–Trinajstić information content (AvgIpc) is 2.64. The largest absolute Gasteiger partial charge is 0.493 e. The minimum absolute atomic E-state index is 0.116. The van der Waals surface area contributed by atoms with Crippen molar-refractivity contribution in [2.75, 3.05) is 23.8 Å². The van der Waals surface area contributed by atoms with Crippen molar-refractivity contribution in [2.24, 2.45) is 5.92 Å². The number of hydrogen-bond donors (Lipinski definition) is 3. The highest BCUT2D eigenvalue weighted by molar-refractivity contribution is 5.98. The molecule has 0 saturated heterocycles. The van der Waals surface area contributed by atoms with Gasteiger partial charge in [-0.3, -0.25) is 9.59 Å². The Morgan fingerprint density at radius 3 is 2.31 bits per heavy atom. The van der Waals surface area contributed by atoms with Crippen LogP contribution in [-0.4, -0.2) is 30.5 Å². The molecule has 6 nitrogen and oxygen atoms in total. The summed E-state index contributed by atoms with van der Waals surface area (Å²) in [4.78, 5) is 24.5. The first-order chi connectivity index (χ1) is 13.6. The van der Waals surface area contributed by atoms with Gasteiger partial charge in [0.05, 0.1) is 13.2 Å². The molecule has 0 spiro atoms. The number of hydrogen-bond acceptors (Lipinski definition) is 4. The SMILES string of the molecule is CC(C)COc1ccc(NCC(=O)Nc2cccc(C(=O)NC(C)(C)C)c2)cc1. The topological polar surface area (TPSA) is 79.5 Å². The van der Waals surface area contributed by atoms with Crippen LogP contribution < -0.4 is 20.7 Å². The quantitative estimate of drug-likeness (QED) is 0.620. The second-order valence-corrected chi connectivity index (χ2v) is 8.42. The van der Waals surface area contributed by atoms with E-state index in [1.165, 1.54) is 0 Å². The summed E-state index contributed by atoms with van der Waals surface area (Å²) in [7, 11) is 0. The van der Waals surface area contributed by atoms with Crippen molar-refractivity contribution in [2.45, 2.75) is 40.2 Å². The Bertz CT molecular complexity index is 824. The van der Waals surface area contributed by atoms with Crippen LogP contribution in [0.1, 0.15) is 45.0 Å². The van der Waals surface area contributed by atoms with E-state index in [9.17, 15) is 9.59 Å². The number of carbonyl (C=O) groups excluding carboxylic acids is 2. The van der Waals surface area contributed by atoms with Gasteiger partial charge in [-0.15, -0.1) is 0 Å². The molecule has 2 aromatic carbocycles. The lowest BCUT2D eigenvalue weighted by molar-refractivity contribution is -0.114. The lowest BCUT2D eigenvalue weighted by Crippen LogP contribution is -2.40. The van der Waals surface area contributed by atoms with E-state index in [0.29, 0.717) is 23.8 Å². The minimum atomic E-state index is -0.324. The maximum Gasteiger partial charge on any atom is 0.251 e. The van der Waals surface area contributed by atoms with Crippen LogP contribution in [0, 0.1) is 5.92 Å². The van der Waals surface area contributed by atoms with Crippen LogP contribution in [0.4, 0.5) is 11.4 Å². The summed E-state index contributed by atoms with van der Waals surface area (Å²) in [6, 6.07) is 14.4. The van der Waals surface area contributed by atoms with Gasteiger partial charge < -0.3 is 20.7 Å². The summed E-state index contributed by atoms with van der Waals surface area (Å²) in [6.07, 6.45) is 0. The molecule has 6 heteroatoms. The van der Waals surface area contributed by atoms with E-state index in [0.717, 1.165) is 11.4 Å². The molecule has 0 fully saturated rings. The van der Waals surface area contributed by atoms with Crippen molar-refractivity contribution in [3.8, 4) is 5.75 Å². The van der Waals surface area contributed by atoms with Crippen molar-refractivity contribution in [3.05, 3.63) is 54.1 Å². The molecule has 0 unspecified atom stereocenters. The Kier molecular flexibility index (Phi) is 7.65. The molecule has 0 bridgehead atoms. The summed E-state index contributed by atoms with van der Waals surface area (Å²) in [6.45, 7) is 10.7. The Morgan fingerprint density at radius 2 is 1.69 bits per heavy atom. The van der Waals surface area contributed by atoms with Gasteiger partial charge in [-0.05, 0) is 69.2 Å². The van der Waals surface area contributed by atoms with Crippen molar-refractivity contribution in [3.63, 3.8) is 0 Å². The maximum absolute atomic E-state index is 12.3. The molecule has 0 heterocycles. The van der Waals surface area contributed by atoms with Crippen LogP contribution in [0.2, 0.25) is 0 Å². The second-order valence-electron chi connectivity index (χ2n) is 8.42. The van der Waals surface area contributed by atoms with E-state index >= 15 is 0 Å². The zero-order valence-corrected chi connectivity index (χ0v) is 17.8. The molecule has 0 atom stereocenters. The van der Waals surface area contributed by atoms with Gasteiger partial charge >= 0.3 is 0 Å². The number of ether oxygens (including phenoxy) is 1. The second kappa shape index (κ2) is 9.96. The predicted octanol–water partition coefficient (Wildman–Crippen LogP) is 4.30. The Morgan fingerprint density at radius 1 is 1.00 bits per heavy atom. The van der Waals surface area contributed by atoms with Gasteiger partial charge in [-0.1, -0.05) is 19.9 Å². The summed E-state index contributed by atoms with van der Waals surface area (Å²) >= 11 is 0. The molecule has 2 rings (SSSR count). The van der Waals surface area contributed by atoms with Crippen LogP contribution in [0.15, 0.2) is 48.5 Å². The van der Waals surface area contributed by atoms with Gasteiger partial charge in [0.25, 0.3) is 5.91 Å². The number of benzene rings is 2. The molecular weight excluding hydrogens is 366 g/mol. The molecule has 0 aliphatic carbocycles. The van der Waals surface area contributed by atoms with Crippen LogP contribution in [0.5, 0.6) is 5.75 Å². The number of anilines is 2. The number of amides is 2. The van der Waals surface area contributed by atoms with Crippen molar-refractivity contribution in [1.82, 2.24) is 5.32 Å². The van der Waals surface area contributed by atoms with Crippen LogP contribution >= 0.6 is 0 Å². The average molecular weight is 398 g/mol. The summed E-state index contributed by atoms with van der Waals surface area (Å²) in [5.41, 5.74) is 1.59. The zero-order chi connectivity index (χ0) is 21.4. The number of rotatable bonds is 8. The van der Waals surface area contributed by atoms with Gasteiger partial charge in [-0.2, -0.15) is 0 Å². The molecule has 2 amide bonds. The van der Waals surface area contributed by atoms with Gasteiger partial charge in [0.15, 0.2) is 0 Å². The predicted molar refractivity (Wildman–Crippen MR) is 118 cm³/mol.